The summed E-state index contributed by atoms with van der Waals surface area (Å²) >= 11 is 4.94. The highest BCUT2D eigenvalue weighted by Gasteiger charge is 2.21. The first-order chi connectivity index (χ1) is 9.29. The van der Waals surface area contributed by atoms with Crippen molar-refractivity contribution in [1.82, 2.24) is 10.2 Å². The fourth-order valence-corrected chi connectivity index (χ4v) is 3.16. The average molecular weight is 363 g/mol. The lowest BCUT2D eigenvalue weighted by molar-refractivity contribution is -0.137. The van der Waals surface area contributed by atoms with Crippen molar-refractivity contribution in [2.75, 3.05) is 7.05 Å². The van der Waals surface area contributed by atoms with Crippen LogP contribution in [0.15, 0.2) is 15.9 Å². The minimum absolute atomic E-state index is 0.0677. The van der Waals surface area contributed by atoms with E-state index in [9.17, 15) is 9.59 Å². The molecule has 1 rings (SSSR count). The zero-order chi connectivity index (χ0) is 15.3. The molecule has 1 atom stereocenters. The number of halogens is 1. The Morgan fingerprint density at radius 1 is 1.50 bits per heavy atom. The van der Waals surface area contributed by atoms with Crippen LogP contribution in [0.3, 0.4) is 0 Å². The molecule has 20 heavy (non-hydrogen) atoms. The van der Waals surface area contributed by atoms with Gasteiger partial charge in [0.15, 0.2) is 0 Å². The van der Waals surface area contributed by atoms with Gasteiger partial charge in [-0.05, 0) is 27.9 Å². The minimum Gasteiger partial charge on any atom is -0.481 e. The molecule has 0 aliphatic heterocycles. The van der Waals surface area contributed by atoms with Crippen molar-refractivity contribution in [1.29, 1.82) is 0 Å². The molecule has 0 aliphatic carbocycles. The molecule has 1 heterocycles. The Bertz CT molecular complexity index is 476. The number of aliphatic carboxylic acids is 1. The molecule has 2 N–H and O–H groups in total. The van der Waals surface area contributed by atoms with E-state index >= 15 is 0 Å². The SMILES string of the molecule is CC(C)C(CC(=O)O)NC(=O)N(C)Cc1cc(Br)cs1. The number of carbonyl (C=O) groups is 2. The maximum atomic E-state index is 12.1. The lowest BCUT2D eigenvalue weighted by Crippen LogP contribution is -2.45. The van der Waals surface area contributed by atoms with Gasteiger partial charge in [0.2, 0.25) is 0 Å². The van der Waals surface area contributed by atoms with Gasteiger partial charge in [0.25, 0.3) is 0 Å². The number of nitrogens with one attached hydrogen (secondary N) is 1. The quantitative estimate of drug-likeness (QED) is 0.816. The molecule has 5 nitrogen and oxygen atoms in total. The van der Waals surface area contributed by atoms with Gasteiger partial charge in [0, 0.05) is 27.8 Å². The zero-order valence-corrected chi connectivity index (χ0v) is 14.1. The summed E-state index contributed by atoms with van der Waals surface area (Å²) in [5, 5.41) is 13.6. The summed E-state index contributed by atoms with van der Waals surface area (Å²) in [7, 11) is 1.70. The Hall–Kier alpha value is -1.08. The van der Waals surface area contributed by atoms with Gasteiger partial charge in [0.1, 0.15) is 0 Å². The number of hydrogen-bond donors (Lipinski definition) is 2. The molecule has 0 aliphatic rings. The van der Waals surface area contributed by atoms with Gasteiger partial charge in [-0.2, -0.15) is 0 Å². The van der Waals surface area contributed by atoms with Crippen LogP contribution in [-0.4, -0.2) is 35.1 Å². The fraction of sp³-hybridized carbons (Fsp3) is 0.538. The second-order valence-electron chi connectivity index (χ2n) is 4.99. The molecular weight excluding hydrogens is 344 g/mol. The largest absolute Gasteiger partial charge is 0.481 e. The lowest BCUT2D eigenvalue weighted by Gasteiger charge is -2.24. The van der Waals surface area contributed by atoms with Crippen molar-refractivity contribution in [2.24, 2.45) is 5.92 Å². The van der Waals surface area contributed by atoms with Gasteiger partial charge < -0.3 is 15.3 Å². The molecule has 0 spiro atoms. The van der Waals surface area contributed by atoms with Crippen molar-refractivity contribution in [3.05, 3.63) is 20.8 Å². The van der Waals surface area contributed by atoms with Crippen LogP contribution in [0.2, 0.25) is 0 Å². The number of urea groups is 1. The Morgan fingerprint density at radius 3 is 2.60 bits per heavy atom. The second kappa shape index (κ2) is 7.64. The van der Waals surface area contributed by atoms with Gasteiger partial charge >= 0.3 is 12.0 Å². The van der Waals surface area contributed by atoms with E-state index in [-0.39, 0.29) is 24.4 Å². The Morgan fingerprint density at radius 2 is 2.15 bits per heavy atom. The normalized spacial score (nSPS) is 12.2. The van der Waals surface area contributed by atoms with Crippen molar-refractivity contribution in [3.8, 4) is 0 Å². The fourth-order valence-electron chi connectivity index (χ4n) is 1.65. The number of rotatable bonds is 6. The number of nitrogens with zero attached hydrogens (tertiary/aromatic N) is 1. The van der Waals surface area contributed by atoms with Gasteiger partial charge in [0.05, 0.1) is 13.0 Å². The van der Waals surface area contributed by atoms with Crippen molar-refractivity contribution < 1.29 is 14.7 Å². The number of hydrogen-bond acceptors (Lipinski definition) is 3. The average Bonchev–Trinajstić information content (AvgIpc) is 2.72. The Kier molecular flexibility index (Phi) is 6.48. The van der Waals surface area contributed by atoms with E-state index in [1.54, 1.807) is 23.3 Å². The van der Waals surface area contributed by atoms with Crippen LogP contribution in [0.4, 0.5) is 4.79 Å². The number of carboxylic acid groups (broad SMARTS) is 1. The van der Waals surface area contributed by atoms with Crippen LogP contribution < -0.4 is 5.32 Å². The highest BCUT2D eigenvalue weighted by atomic mass is 79.9. The number of carbonyl (C=O) groups excluding carboxylic acids is 1. The van der Waals surface area contributed by atoms with Crippen LogP contribution in [0, 0.1) is 5.92 Å². The minimum atomic E-state index is -0.908. The van der Waals surface area contributed by atoms with E-state index in [0.29, 0.717) is 6.54 Å². The number of carboxylic acids is 1. The van der Waals surface area contributed by atoms with Gasteiger partial charge in [-0.25, -0.2) is 4.79 Å². The van der Waals surface area contributed by atoms with Crippen molar-refractivity contribution in [2.45, 2.75) is 32.9 Å². The van der Waals surface area contributed by atoms with Gasteiger partial charge in [-0.15, -0.1) is 11.3 Å². The van der Waals surface area contributed by atoms with Crippen LogP contribution in [0.25, 0.3) is 0 Å². The van der Waals surface area contributed by atoms with Crippen LogP contribution in [0.1, 0.15) is 25.1 Å². The Balaban J connectivity index is 2.57. The van der Waals surface area contributed by atoms with E-state index < -0.39 is 5.97 Å². The maximum absolute atomic E-state index is 12.1. The molecule has 0 fully saturated rings. The summed E-state index contributed by atoms with van der Waals surface area (Å²) in [4.78, 5) is 25.5. The highest BCUT2D eigenvalue weighted by Crippen LogP contribution is 2.20. The maximum Gasteiger partial charge on any atom is 0.317 e. The molecule has 112 valence electrons. The summed E-state index contributed by atoms with van der Waals surface area (Å²) in [5.74, 6) is -0.840. The molecule has 0 aromatic carbocycles. The van der Waals surface area contributed by atoms with E-state index in [0.717, 1.165) is 9.35 Å². The Labute approximate surface area is 131 Å². The van der Waals surface area contributed by atoms with E-state index in [1.807, 2.05) is 25.3 Å². The zero-order valence-electron chi connectivity index (χ0n) is 11.7. The summed E-state index contributed by atoms with van der Waals surface area (Å²) in [6, 6.07) is 1.35. The molecule has 0 bridgehead atoms. The van der Waals surface area contributed by atoms with Crippen LogP contribution in [-0.2, 0) is 11.3 Å². The topological polar surface area (TPSA) is 69.6 Å². The third-order valence-corrected chi connectivity index (χ3v) is 4.55. The molecule has 0 saturated carbocycles. The van der Waals surface area contributed by atoms with Gasteiger partial charge in [-0.3, -0.25) is 4.79 Å². The number of thiophene rings is 1. The van der Waals surface area contributed by atoms with E-state index in [1.165, 1.54) is 0 Å². The third kappa shape index (κ3) is 5.50. The summed E-state index contributed by atoms with van der Waals surface area (Å²) in [6.07, 6.45) is -0.0677. The monoisotopic (exact) mass is 362 g/mol. The van der Waals surface area contributed by atoms with Crippen molar-refractivity contribution in [3.63, 3.8) is 0 Å². The summed E-state index contributed by atoms with van der Waals surface area (Å²) in [5.41, 5.74) is 0. The summed E-state index contributed by atoms with van der Waals surface area (Å²) in [6.45, 7) is 4.29. The predicted octanol–water partition coefficient (Wildman–Crippen LogP) is 3.15. The standard InChI is InChI=1S/C13H19BrN2O3S/c1-8(2)11(5-12(17)18)15-13(19)16(3)6-10-4-9(14)7-20-10/h4,7-8,11H,5-6H2,1-3H3,(H,15,19)(H,17,18). The van der Waals surface area contributed by atoms with E-state index in [2.05, 4.69) is 21.2 Å². The molecule has 0 saturated heterocycles. The first-order valence-corrected chi connectivity index (χ1v) is 7.93. The van der Waals surface area contributed by atoms with Crippen LogP contribution in [0.5, 0.6) is 0 Å². The first-order valence-electron chi connectivity index (χ1n) is 6.26. The second-order valence-corrected chi connectivity index (χ2v) is 6.90. The molecule has 7 heteroatoms. The smallest absolute Gasteiger partial charge is 0.317 e. The molecule has 2 amide bonds. The summed E-state index contributed by atoms with van der Waals surface area (Å²) < 4.78 is 0.997. The van der Waals surface area contributed by atoms with Crippen molar-refractivity contribution >= 4 is 39.3 Å². The molecule has 0 radical (unpaired) electrons. The molecule has 1 aromatic heterocycles. The highest BCUT2D eigenvalue weighted by molar-refractivity contribution is 9.10. The molecular formula is C13H19BrN2O3S. The third-order valence-electron chi connectivity index (χ3n) is 2.87. The molecule has 1 unspecified atom stereocenters. The number of amides is 2. The molecule has 1 aromatic rings. The van der Waals surface area contributed by atoms with Crippen LogP contribution >= 0.6 is 27.3 Å². The predicted molar refractivity (Wildman–Crippen MR) is 82.9 cm³/mol. The van der Waals surface area contributed by atoms with E-state index in [4.69, 9.17) is 5.11 Å². The first kappa shape index (κ1) is 17.0. The lowest BCUT2D eigenvalue weighted by atomic mass is 10.0. The van der Waals surface area contributed by atoms with Gasteiger partial charge in [-0.1, -0.05) is 13.8 Å².